The number of aromatic amines is 1. The summed E-state index contributed by atoms with van der Waals surface area (Å²) >= 11 is 1.63. The number of rotatable bonds is 5. The molecule has 4 heterocycles. The lowest BCUT2D eigenvalue weighted by Crippen LogP contribution is -2.35. The molecular formula is C17H24N8OS. The van der Waals surface area contributed by atoms with Gasteiger partial charge in [-0.1, -0.05) is 11.3 Å². The lowest BCUT2D eigenvalue weighted by atomic mass is 10.2. The van der Waals surface area contributed by atoms with Crippen LogP contribution >= 0.6 is 11.3 Å². The molecule has 1 fully saturated rings. The van der Waals surface area contributed by atoms with Crippen LogP contribution in [0, 0.1) is 6.92 Å². The van der Waals surface area contributed by atoms with Crippen LogP contribution in [0.2, 0.25) is 0 Å². The van der Waals surface area contributed by atoms with Gasteiger partial charge < -0.3 is 9.80 Å². The van der Waals surface area contributed by atoms with E-state index in [1.165, 1.54) is 0 Å². The Morgan fingerprint density at radius 1 is 1.33 bits per heavy atom. The zero-order valence-corrected chi connectivity index (χ0v) is 16.8. The van der Waals surface area contributed by atoms with Crippen molar-refractivity contribution >= 4 is 27.4 Å². The molecule has 0 bridgehead atoms. The summed E-state index contributed by atoms with van der Waals surface area (Å²) in [5.74, 6) is 0.584. The Morgan fingerprint density at radius 2 is 2.15 bits per heavy atom. The first kappa shape index (κ1) is 17.9. The maximum Gasteiger partial charge on any atom is 0.252 e. The summed E-state index contributed by atoms with van der Waals surface area (Å²) in [6, 6.07) is 1.97. The zero-order chi connectivity index (χ0) is 19.1. The van der Waals surface area contributed by atoms with Crippen LogP contribution in [0.5, 0.6) is 0 Å². The fourth-order valence-corrected chi connectivity index (χ4v) is 4.34. The zero-order valence-electron chi connectivity index (χ0n) is 16.0. The number of hydrogen-bond acceptors (Lipinski definition) is 8. The van der Waals surface area contributed by atoms with Crippen molar-refractivity contribution in [2.24, 2.45) is 0 Å². The maximum absolute atomic E-state index is 11.9. The molecule has 27 heavy (non-hydrogen) atoms. The average Bonchev–Trinajstić information content (AvgIpc) is 3.27. The van der Waals surface area contributed by atoms with E-state index < -0.39 is 0 Å². The first-order valence-corrected chi connectivity index (χ1v) is 9.76. The lowest BCUT2D eigenvalue weighted by molar-refractivity contribution is 0.247. The normalized spacial score (nSPS) is 17.4. The minimum Gasteiger partial charge on any atom is -0.348 e. The molecule has 0 saturated carbocycles. The molecule has 3 aromatic heterocycles. The van der Waals surface area contributed by atoms with Gasteiger partial charge in [0.25, 0.3) is 5.56 Å². The van der Waals surface area contributed by atoms with E-state index in [1.807, 2.05) is 36.6 Å². The van der Waals surface area contributed by atoms with Gasteiger partial charge in [0, 0.05) is 45.8 Å². The van der Waals surface area contributed by atoms with Gasteiger partial charge >= 0.3 is 0 Å². The van der Waals surface area contributed by atoms with Gasteiger partial charge in [-0.3, -0.25) is 14.7 Å². The van der Waals surface area contributed by atoms with Crippen LogP contribution in [0.1, 0.15) is 17.8 Å². The van der Waals surface area contributed by atoms with E-state index in [-0.39, 0.29) is 5.56 Å². The summed E-state index contributed by atoms with van der Waals surface area (Å²) in [6.07, 6.45) is 3.01. The van der Waals surface area contributed by atoms with E-state index in [1.54, 1.807) is 17.4 Å². The molecule has 1 N–H and O–H groups in total. The van der Waals surface area contributed by atoms with Gasteiger partial charge in [-0.05, 0) is 20.4 Å². The Labute approximate surface area is 161 Å². The van der Waals surface area contributed by atoms with Crippen molar-refractivity contribution in [3.8, 4) is 0 Å². The second-order valence-corrected chi connectivity index (χ2v) is 8.19. The molecule has 0 amide bonds. The second-order valence-electron chi connectivity index (χ2n) is 7.25. The van der Waals surface area contributed by atoms with E-state index in [9.17, 15) is 4.79 Å². The maximum atomic E-state index is 11.9. The lowest BCUT2D eigenvalue weighted by Gasteiger charge is -2.24. The van der Waals surface area contributed by atoms with Crippen LogP contribution in [0.25, 0.3) is 4.96 Å². The van der Waals surface area contributed by atoms with Crippen molar-refractivity contribution in [2.45, 2.75) is 25.9 Å². The number of likely N-dealkylation sites (N-methyl/N-ethyl adjacent to an activating group) is 1. The minimum atomic E-state index is -0.119. The fourth-order valence-electron chi connectivity index (χ4n) is 3.37. The molecule has 0 radical (unpaired) electrons. The van der Waals surface area contributed by atoms with Crippen LogP contribution < -0.4 is 15.4 Å². The number of hydrogen-bond donors (Lipinski definition) is 1. The SMILES string of the molecule is Cc1cn2nc(N3CC[C@@H](N(C)Cc4cc(=O)[nH]c(N(C)C)n4)C3)sc2n1. The molecule has 0 aromatic carbocycles. The highest BCUT2D eigenvalue weighted by atomic mass is 32.1. The molecule has 9 nitrogen and oxygen atoms in total. The summed E-state index contributed by atoms with van der Waals surface area (Å²) in [7, 11) is 5.82. The molecule has 144 valence electrons. The molecule has 1 aliphatic rings. The summed E-state index contributed by atoms with van der Waals surface area (Å²) in [5.41, 5.74) is 1.65. The summed E-state index contributed by atoms with van der Waals surface area (Å²) < 4.78 is 1.86. The predicted molar refractivity (Wildman–Crippen MR) is 107 cm³/mol. The number of imidazole rings is 1. The fraction of sp³-hybridized carbons (Fsp3) is 0.529. The van der Waals surface area contributed by atoms with Gasteiger partial charge in [0.15, 0.2) is 0 Å². The van der Waals surface area contributed by atoms with E-state index >= 15 is 0 Å². The number of fused-ring (bicyclic) bond motifs is 1. The Hall–Kier alpha value is -2.46. The van der Waals surface area contributed by atoms with Crippen LogP contribution in [-0.4, -0.2) is 69.7 Å². The van der Waals surface area contributed by atoms with E-state index in [0.717, 1.165) is 41.0 Å². The van der Waals surface area contributed by atoms with Crippen LogP contribution in [0.15, 0.2) is 17.1 Å². The number of aryl methyl sites for hydroxylation is 1. The average molecular weight is 389 g/mol. The Morgan fingerprint density at radius 3 is 2.89 bits per heavy atom. The van der Waals surface area contributed by atoms with Crippen molar-refractivity contribution in [3.63, 3.8) is 0 Å². The van der Waals surface area contributed by atoms with Crippen LogP contribution in [-0.2, 0) is 6.54 Å². The molecule has 10 heteroatoms. The molecule has 0 unspecified atom stereocenters. The quantitative estimate of drug-likeness (QED) is 0.697. The first-order chi connectivity index (χ1) is 12.9. The van der Waals surface area contributed by atoms with Crippen molar-refractivity contribution in [1.82, 2.24) is 29.5 Å². The number of nitrogens with zero attached hydrogens (tertiary/aromatic N) is 7. The van der Waals surface area contributed by atoms with Crippen LogP contribution in [0.3, 0.4) is 0 Å². The second kappa shape index (κ2) is 6.93. The summed E-state index contributed by atoms with van der Waals surface area (Å²) in [6.45, 7) is 4.50. The highest BCUT2D eigenvalue weighted by molar-refractivity contribution is 7.20. The number of H-pyrrole nitrogens is 1. The Bertz CT molecular complexity index is 974. The monoisotopic (exact) mass is 388 g/mol. The Kier molecular flexibility index (Phi) is 4.60. The van der Waals surface area contributed by atoms with Crippen molar-refractivity contribution in [3.05, 3.63) is 34.0 Å². The largest absolute Gasteiger partial charge is 0.348 e. The first-order valence-electron chi connectivity index (χ1n) is 8.94. The number of anilines is 2. The van der Waals surface area contributed by atoms with Crippen molar-refractivity contribution in [2.75, 3.05) is 44.0 Å². The van der Waals surface area contributed by atoms with E-state index in [4.69, 9.17) is 0 Å². The third-order valence-electron chi connectivity index (χ3n) is 4.83. The molecule has 0 spiro atoms. The van der Waals surface area contributed by atoms with Gasteiger partial charge in [0.1, 0.15) is 0 Å². The van der Waals surface area contributed by atoms with E-state index in [2.05, 4.69) is 36.9 Å². The van der Waals surface area contributed by atoms with Gasteiger partial charge in [-0.25, -0.2) is 14.5 Å². The molecular weight excluding hydrogens is 364 g/mol. The molecule has 3 aromatic rings. The number of nitrogens with one attached hydrogen (secondary N) is 1. The number of aromatic nitrogens is 5. The van der Waals surface area contributed by atoms with Crippen LogP contribution in [0.4, 0.5) is 11.1 Å². The third-order valence-corrected chi connectivity index (χ3v) is 5.81. The smallest absolute Gasteiger partial charge is 0.252 e. The molecule has 1 saturated heterocycles. The molecule has 1 aliphatic heterocycles. The minimum absolute atomic E-state index is 0.119. The van der Waals surface area contributed by atoms with Gasteiger partial charge in [-0.15, -0.1) is 5.10 Å². The summed E-state index contributed by atoms with van der Waals surface area (Å²) in [4.78, 5) is 31.0. The van der Waals surface area contributed by atoms with Crippen molar-refractivity contribution in [1.29, 1.82) is 0 Å². The van der Waals surface area contributed by atoms with Crippen molar-refractivity contribution < 1.29 is 0 Å². The highest BCUT2D eigenvalue weighted by Crippen LogP contribution is 2.27. The topological polar surface area (TPSA) is 85.7 Å². The Balaban J connectivity index is 1.43. The van der Waals surface area contributed by atoms with Gasteiger partial charge in [-0.2, -0.15) is 0 Å². The van der Waals surface area contributed by atoms with Gasteiger partial charge in [0.2, 0.25) is 16.0 Å². The van der Waals surface area contributed by atoms with Gasteiger partial charge in [0.05, 0.1) is 17.6 Å². The third kappa shape index (κ3) is 3.67. The highest BCUT2D eigenvalue weighted by Gasteiger charge is 2.28. The van der Waals surface area contributed by atoms with E-state index in [0.29, 0.717) is 18.5 Å². The predicted octanol–water partition coefficient (Wildman–Crippen LogP) is 0.959. The summed E-state index contributed by atoms with van der Waals surface area (Å²) in [5, 5.41) is 5.66. The standard InChI is InChI=1S/C17H24N8OS/c1-11-8-25-16(18-11)27-17(21-25)24-6-5-13(10-24)23(4)9-12-7-14(26)20-15(19-12)22(2)3/h7-8,13H,5-6,9-10H2,1-4H3,(H,19,20,26)/t13-/m1/s1. The molecule has 0 aliphatic carbocycles. The molecule has 4 rings (SSSR count). The molecule has 1 atom stereocenters.